The van der Waals surface area contributed by atoms with Crippen molar-refractivity contribution in [2.45, 2.75) is 26.4 Å². The fourth-order valence-corrected chi connectivity index (χ4v) is 2.32. The topological polar surface area (TPSA) is 35.5 Å². The van der Waals surface area contributed by atoms with E-state index in [4.69, 9.17) is 9.47 Å². The molecular weight excluding hydrogens is 344 g/mol. The second-order valence-electron chi connectivity index (χ2n) is 5.88. The second-order valence-corrected chi connectivity index (χ2v) is 6.80. The minimum absolute atomic E-state index is 0.118. The molecule has 0 aliphatic carbocycles. The summed E-state index contributed by atoms with van der Waals surface area (Å²) in [5.74, 6) is 0.262. The third-order valence-electron chi connectivity index (χ3n) is 2.79. The molecule has 0 aliphatic heterocycles. The zero-order chi connectivity index (χ0) is 16.2. The maximum absolute atomic E-state index is 11.8. The molecule has 0 fully saturated rings. The molecule has 3 nitrogen and oxygen atoms in total. The Morgan fingerprint density at radius 2 is 1.77 bits per heavy atom. The van der Waals surface area contributed by atoms with E-state index >= 15 is 0 Å². The molecule has 2 aromatic rings. The molecule has 0 saturated heterocycles. The van der Waals surface area contributed by atoms with Gasteiger partial charge in [-0.05, 0) is 44.5 Å². The molecule has 4 heteroatoms. The van der Waals surface area contributed by atoms with Gasteiger partial charge in [0.15, 0.2) is 6.61 Å². The quantitative estimate of drug-likeness (QED) is 0.730. The smallest absolute Gasteiger partial charge is 0.344 e. The summed E-state index contributed by atoms with van der Waals surface area (Å²) >= 11 is 3.43. The minimum atomic E-state index is -0.514. The molecule has 116 valence electrons. The van der Waals surface area contributed by atoms with E-state index < -0.39 is 5.60 Å². The molecule has 2 rings (SSSR count). The van der Waals surface area contributed by atoms with Gasteiger partial charge in [-0.2, -0.15) is 0 Å². The van der Waals surface area contributed by atoms with Crippen LogP contribution in [0.3, 0.4) is 0 Å². The highest BCUT2D eigenvalue weighted by molar-refractivity contribution is 9.10. The van der Waals surface area contributed by atoms with Crippen LogP contribution >= 0.6 is 15.9 Å². The molecule has 0 radical (unpaired) electrons. The first-order valence-corrected chi connectivity index (χ1v) is 7.84. The molecule has 22 heavy (non-hydrogen) atoms. The summed E-state index contributed by atoms with van der Waals surface area (Å²) in [7, 11) is 0. The van der Waals surface area contributed by atoms with Gasteiger partial charge in [0.1, 0.15) is 11.4 Å². The molecule has 0 aliphatic rings. The summed E-state index contributed by atoms with van der Waals surface area (Å²) in [5, 5.41) is 0. The number of halogens is 1. The minimum Gasteiger partial charge on any atom is -0.481 e. The maximum Gasteiger partial charge on any atom is 0.344 e. The highest BCUT2D eigenvalue weighted by Gasteiger charge is 2.17. The molecule has 0 aromatic heterocycles. The van der Waals surface area contributed by atoms with Crippen molar-refractivity contribution >= 4 is 21.9 Å². The fourth-order valence-electron chi connectivity index (χ4n) is 1.98. The van der Waals surface area contributed by atoms with Crippen molar-refractivity contribution in [1.82, 2.24) is 0 Å². The number of benzene rings is 2. The lowest BCUT2D eigenvalue weighted by Gasteiger charge is -2.20. The van der Waals surface area contributed by atoms with Crippen molar-refractivity contribution in [3.05, 3.63) is 53.0 Å². The van der Waals surface area contributed by atoms with Crippen LogP contribution in [0.5, 0.6) is 5.75 Å². The average Bonchev–Trinajstić information content (AvgIpc) is 2.44. The van der Waals surface area contributed by atoms with Gasteiger partial charge in [-0.3, -0.25) is 0 Å². The van der Waals surface area contributed by atoms with Crippen molar-refractivity contribution in [3.63, 3.8) is 0 Å². The van der Waals surface area contributed by atoms with E-state index in [1.54, 1.807) is 0 Å². The van der Waals surface area contributed by atoms with Crippen molar-refractivity contribution in [1.29, 1.82) is 0 Å². The Bertz CT molecular complexity index is 645. The van der Waals surface area contributed by atoms with Crippen LogP contribution in [0.25, 0.3) is 11.1 Å². The largest absolute Gasteiger partial charge is 0.481 e. The Hall–Kier alpha value is -1.81. The monoisotopic (exact) mass is 362 g/mol. The Morgan fingerprint density at radius 1 is 1.09 bits per heavy atom. The standard InChI is InChI=1S/C18H19BrO3/c1-18(2,3)22-17(20)12-21-16-11-14(19)9-10-15(16)13-7-5-4-6-8-13/h4-11H,12H2,1-3H3. The summed E-state index contributed by atoms with van der Waals surface area (Å²) in [6, 6.07) is 15.7. The zero-order valence-corrected chi connectivity index (χ0v) is 14.5. The molecule has 0 atom stereocenters. The molecule has 0 heterocycles. The first-order valence-electron chi connectivity index (χ1n) is 7.05. The normalized spacial score (nSPS) is 11.1. The van der Waals surface area contributed by atoms with Gasteiger partial charge >= 0.3 is 5.97 Å². The van der Waals surface area contributed by atoms with Crippen molar-refractivity contribution in [3.8, 4) is 16.9 Å². The lowest BCUT2D eigenvalue weighted by molar-refractivity contribution is -0.157. The Morgan fingerprint density at radius 3 is 2.41 bits per heavy atom. The van der Waals surface area contributed by atoms with E-state index in [-0.39, 0.29) is 12.6 Å². The summed E-state index contributed by atoms with van der Waals surface area (Å²) < 4.78 is 11.8. The fraction of sp³-hybridized carbons (Fsp3) is 0.278. The van der Waals surface area contributed by atoms with Crippen LogP contribution in [0.2, 0.25) is 0 Å². The Balaban J connectivity index is 2.17. The number of carbonyl (C=O) groups is 1. The highest BCUT2D eigenvalue weighted by Crippen LogP contribution is 2.32. The van der Waals surface area contributed by atoms with Crippen LogP contribution in [0.15, 0.2) is 53.0 Å². The molecule has 0 amide bonds. The summed E-state index contributed by atoms with van der Waals surface area (Å²) in [5.41, 5.74) is 1.46. The number of hydrogen-bond donors (Lipinski definition) is 0. The van der Waals surface area contributed by atoms with Crippen molar-refractivity contribution in [2.75, 3.05) is 6.61 Å². The molecule has 0 spiro atoms. The molecule has 0 N–H and O–H groups in total. The first-order chi connectivity index (χ1) is 10.3. The number of rotatable bonds is 4. The van der Waals surface area contributed by atoms with E-state index in [0.29, 0.717) is 5.75 Å². The summed E-state index contributed by atoms with van der Waals surface area (Å²) in [6.45, 7) is 5.38. The predicted molar refractivity (Wildman–Crippen MR) is 90.9 cm³/mol. The average molecular weight is 363 g/mol. The third kappa shape index (κ3) is 4.88. The zero-order valence-electron chi connectivity index (χ0n) is 12.9. The third-order valence-corrected chi connectivity index (χ3v) is 3.29. The van der Waals surface area contributed by atoms with Crippen molar-refractivity contribution < 1.29 is 14.3 Å². The van der Waals surface area contributed by atoms with E-state index in [2.05, 4.69) is 15.9 Å². The number of esters is 1. The van der Waals surface area contributed by atoms with E-state index in [0.717, 1.165) is 15.6 Å². The first kappa shape index (κ1) is 16.6. The van der Waals surface area contributed by atoms with Gasteiger partial charge in [0.2, 0.25) is 0 Å². The van der Waals surface area contributed by atoms with E-state index in [9.17, 15) is 4.79 Å². The van der Waals surface area contributed by atoms with Crippen LogP contribution in [-0.2, 0) is 9.53 Å². The van der Waals surface area contributed by atoms with Gasteiger partial charge in [0.25, 0.3) is 0 Å². The second kappa shape index (κ2) is 6.97. The lowest BCUT2D eigenvalue weighted by atomic mass is 10.1. The van der Waals surface area contributed by atoms with Crippen LogP contribution in [-0.4, -0.2) is 18.2 Å². The summed E-state index contributed by atoms with van der Waals surface area (Å²) in [6.07, 6.45) is 0. The van der Waals surface area contributed by atoms with Crippen LogP contribution in [0, 0.1) is 0 Å². The van der Waals surface area contributed by atoms with Crippen LogP contribution in [0.1, 0.15) is 20.8 Å². The lowest BCUT2D eigenvalue weighted by Crippen LogP contribution is -2.27. The Labute approximate surface area is 139 Å². The van der Waals surface area contributed by atoms with E-state index in [1.165, 1.54) is 0 Å². The maximum atomic E-state index is 11.8. The molecule has 0 saturated carbocycles. The number of ether oxygens (including phenoxy) is 2. The summed E-state index contributed by atoms with van der Waals surface area (Å²) in [4.78, 5) is 11.8. The SMILES string of the molecule is CC(C)(C)OC(=O)COc1cc(Br)ccc1-c1ccccc1. The van der Waals surface area contributed by atoms with Crippen molar-refractivity contribution in [2.24, 2.45) is 0 Å². The van der Waals surface area contributed by atoms with E-state index in [1.807, 2.05) is 69.3 Å². The highest BCUT2D eigenvalue weighted by atomic mass is 79.9. The number of hydrogen-bond acceptors (Lipinski definition) is 3. The van der Waals surface area contributed by atoms with Gasteiger partial charge in [-0.15, -0.1) is 0 Å². The molecule has 2 aromatic carbocycles. The van der Waals surface area contributed by atoms with Crippen LogP contribution < -0.4 is 4.74 Å². The van der Waals surface area contributed by atoms with Gasteiger partial charge < -0.3 is 9.47 Å². The number of carbonyl (C=O) groups excluding carboxylic acids is 1. The Kier molecular flexibility index (Phi) is 5.24. The molecule has 0 unspecified atom stereocenters. The molecule has 0 bridgehead atoms. The van der Waals surface area contributed by atoms with Crippen LogP contribution in [0.4, 0.5) is 0 Å². The predicted octanol–water partition coefficient (Wildman–Crippen LogP) is 4.84. The van der Waals surface area contributed by atoms with Gasteiger partial charge in [-0.1, -0.05) is 46.3 Å². The van der Waals surface area contributed by atoms with Gasteiger partial charge in [0, 0.05) is 10.0 Å². The molecular formula is C18H19BrO3. The van der Waals surface area contributed by atoms with Gasteiger partial charge in [-0.25, -0.2) is 4.79 Å². The van der Waals surface area contributed by atoms with Gasteiger partial charge in [0.05, 0.1) is 0 Å².